The summed E-state index contributed by atoms with van der Waals surface area (Å²) in [6.07, 6.45) is 2.81. The third-order valence-electron chi connectivity index (χ3n) is 7.20. The number of nitrogens with zero attached hydrogens (tertiary/aromatic N) is 4. The predicted octanol–water partition coefficient (Wildman–Crippen LogP) is 1.35. The summed E-state index contributed by atoms with van der Waals surface area (Å²) in [5, 5.41) is 10.9. The molecule has 3 aliphatic rings. The Kier molecular flexibility index (Phi) is 5.86. The number of nitrogens with one attached hydrogen (secondary N) is 2. The largest absolute Gasteiger partial charge is 0.369 e. The topological polar surface area (TPSA) is 82.5 Å². The van der Waals surface area contributed by atoms with E-state index in [1.165, 1.54) is 4.68 Å². The molecule has 2 aromatic rings. The molecule has 3 saturated heterocycles. The Bertz CT molecular complexity index is 1020. The number of amides is 2. The van der Waals surface area contributed by atoms with Gasteiger partial charge in [0.1, 0.15) is 5.52 Å². The van der Waals surface area contributed by atoms with Gasteiger partial charge in [0.2, 0.25) is 11.8 Å². The van der Waals surface area contributed by atoms with Crippen LogP contribution in [0.25, 0.3) is 10.9 Å². The molecule has 0 spiro atoms. The summed E-state index contributed by atoms with van der Waals surface area (Å²) in [6.45, 7) is 7.18. The monoisotopic (exact) mass is 442 g/mol. The first kappa shape index (κ1) is 21.3. The Morgan fingerprint density at radius 1 is 1.09 bits per heavy atom. The van der Waals surface area contributed by atoms with Gasteiger partial charge in [0, 0.05) is 64.7 Å². The number of halogens is 1. The van der Waals surface area contributed by atoms with E-state index in [0.717, 1.165) is 58.7 Å². The second-order valence-electron chi connectivity index (χ2n) is 9.29. The lowest BCUT2D eigenvalue weighted by atomic mass is 9.92. The second-order valence-corrected chi connectivity index (χ2v) is 9.29. The van der Waals surface area contributed by atoms with Crippen LogP contribution in [0.15, 0.2) is 12.1 Å². The molecule has 2 amide bonds. The molecule has 4 heterocycles. The highest BCUT2D eigenvalue weighted by Crippen LogP contribution is 2.35. The Morgan fingerprint density at radius 3 is 2.56 bits per heavy atom. The van der Waals surface area contributed by atoms with Crippen LogP contribution in [0.3, 0.4) is 0 Å². The van der Waals surface area contributed by atoms with Crippen LogP contribution in [0, 0.1) is 11.7 Å². The van der Waals surface area contributed by atoms with E-state index in [4.69, 9.17) is 0 Å². The Labute approximate surface area is 187 Å². The zero-order valence-electron chi connectivity index (χ0n) is 18.6. The van der Waals surface area contributed by atoms with E-state index in [1.54, 1.807) is 7.05 Å². The number of hydrogen-bond donors (Lipinski definition) is 2. The third-order valence-corrected chi connectivity index (χ3v) is 7.20. The molecule has 2 N–H and O–H groups in total. The van der Waals surface area contributed by atoms with Crippen molar-refractivity contribution in [1.29, 1.82) is 0 Å². The van der Waals surface area contributed by atoms with Crippen LogP contribution in [-0.4, -0.2) is 72.3 Å². The average molecular weight is 443 g/mol. The minimum atomic E-state index is -0.526. The molecule has 0 aliphatic carbocycles. The average Bonchev–Trinajstić information content (AvgIpc) is 3.12. The quantitative estimate of drug-likeness (QED) is 0.696. The third kappa shape index (κ3) is 3.99. The van der Waals surface area contributed by atoms with Gasteiger partial charge in [-0.3, -0.25) is 19.6 Å². The smallest absolute Gasteiger partial charge is 0.235 e. The van der Waals surface area contributed by atoms with Crippen molar-refractivity contribution in [3.05, 3.63) is 23.6 Å². The molecule has 172 valence electrons. The van der Waals surface area contributed by atoms with Gasteiger partial charge in [-0.15, -0.1) is 0 Å². The fourth-order valence-electron chi connectivity index (χ4n) is 5.41. The summed E-state index contributed by atoms with van der Waals surface area (Å²) in [7, 11) is 1.71. The molecule has 32 heavy (non-hydrogen) atoms. The van der Waals surface area contributed by atoms with E-state index in [9.17, 15) is 9.59 Å². The first-order chi connectivity index (χ1) is 15.5. The van der Waals surface area contributed by atoms with Crippen molar-refractivity contribution in [2.45, 2.75) is 31.6 Å². The standard InChI is InChI=1S/C23H31FN6O2/c1-28-22-16(21(27-28)17-3-5-19(31)26-23(17)32)2-4-18(20(22)24)30-10-6-15(7-11-30)14-29-12-8-25-9-13-29/h2,4,15,17,25H,3,5-14H2,1H3,(H,26,31,32). The molecule has 3 fully saturated rings. The van der Waals surface area contributed by atoms with Gasteiger partial charge in [-0.2, -0.15) is 5.10 Å². The molecule has 0 bridgehead atoms. The molecule has 1 unspecified atom stereocenters. The van der Waals surface area contributed by atoms with Crippen LogP contribution < -0.4 is 15.5 Å². The molecule has 0 radical (unpaired) electrons. The van der Waals surface area contributed by atoms with E-state index in [2.05, 4.69) is 25.5 Å². The summed E-state index contributed by atoms with van der Waals surface area (Å²) in [5.41, 5.74) is 1.58. The molecule has 8 nitrogen and oxygen atoms in total. The molecule has 1 aromatic carbocycles. The zero-order valence-corrected chi connectivity index (χ0v) is 18.6. The maximum absolute atomic E-state index is 15.7. The Balaban J connectivity index is 1.32. The normalized spacial score (nSPS) is 23.7. The van der Waals surface area contributed by atoms with Crippen molar-refractivity contribution in [3.8, 4) is 0 Å². The lowest BCUT2D eigenvalue weighted by Crippen LogP contribution is -2.47. The minimum Gasteiger partial charge on any atom is -0.369 e. The number of piperazine rings is 1. The number of rotatable bonds is 4. The van der Waals surface area contributed by atoms with Gasteiger partial charge < -0.3 is 15.1 Å². The van der Waals surface area contributed by atoms with Gasteiger partial charge in [-0.05, 0) is 37.3 Å². The number of hydrogen-bond acceptors (Lipinski definition) is 6. The van der Waals surface area contributed by atoms with E-state index in [-0.39, 0.29) is 24.1 Å². The number of carbonyl (C=O) groups excluding carboxylic acids is 2. The van der Waals surface area contributed by atoms with Crippen molar-refractivity contribution >= 4 is 28.4 Å². The summed E-state index contributed by atoms with van der Waals surface area (Å²) >= 11 is 0. The van der Waals surface area contributed by atoms with Gasteiger partial charge in [-0.25, -0.2) is 4.39 Å². The zero-order chi connectivity index (χ0) is 22.2. The van der Waals surface area contributed by atoms with E-state index < -0.39 is 5.92 Å². The maximum atomic E-state index is 15.7. The first-order valence-electron chi connectivity index (χ1n) is 11.7. The highest BCUT2D eigenvalue weighted by Gasteiger charge is 2.33. The van der Waals surface area contributed by atoms with Gasteiger partial charge in [0.15, 0.2) is 5.82 Å². The summed E-state index contributed by atoms with van der Waals surface area (Å²) in [5.74, 6) is -0.761. The lowest BCUT2D eigenvalue weighted by Gasteiger charge is -2.37. The number of benzene rings is 1. The number of carbonyl (C=O) groups is 2. The number of aromatic nitrogens is 2. The molecule has 1 atom stereocenters. The van der Waals surface area contributed by atoms with E-state index in [0.29, 0.717) is 34.6 Å². The maximum Gasteiger partial charge on any atom is 0.235 e. The number of piperidine rings is 2. The second kappa shape index (κ2) is 8.78. The van der Waals surface area contributed by atoms with Gasteiger partial charge in [0.05, 0.1) is 17.3 Å². The van der Waals surface area contributed by atoms with Crippen molar-refractivity contribution in [2.75, 3.05) is 50.7 Å². The highest BCUT2D eigenvalue weighted by molar-refractivity contribution is 6.02. The fourth-order valence-corrected chi connectivity index (χ4v) is 5.41. The molecular weight excluding hydrogens is 411 g/mol. The molecule has 3 aliphatic heterocycles. The van der Waals surface area contributed by atoms with Crippen LogP contribution in [-0.2, 0) is 16.6 Å². The number of fused-ring (bicyclic) bond motifs is 1. The first-order valence-corrected chi connectivity index (χ1v) is 11.7. The molecule has 9 heteroatoms. The molecular formula is C23H31FN6O2. The van der Waals surface area contributed by atoms with Crippen molar-refractivity contribution in [3.63, 3.8) is 0 Å². The van der Waals surface area contributed by atoms with Crippen LogP contribution in [0.2, 0.25) is 0 Å². The van der Waals surface area contributed by atoms with Crippen molar-refractivity contribution in [1.82, 2.24) is 25.3 Å². The van der Waals surface area contributed by atoms with Crippen molar-refractivity contribution in [2.24, 2.45) is 13.0 Å². The SMILES string of the molecule is Cn1nc(C2CCC(=O)NC2=O)c2ccc(N3CCC(CN4CCNCC4)CC3)c(F)c21. The Hall–Kier alpha value is -2.52. The van der Waals surface area contributed by atoms with Gasteiger partial charge in [-0.1, -0.05) is 0 Å². The van der Waals surface area contributed by atoms with Crippen LogP contribution in [0.1, 0.15) is 37.3 Å². The van der Waals surface area contributed by atoms with Crippen molar-refractivity contribution < 1.29 is 14.0 Å². The molecule has 0 saturated carbocycles. The van der Waals surface area contributed by atoms with Gasteiger partial charge in [0.25, 0.3) is 0 Å². The Morgan fingerprint density at radius 2 is 1.84 bits per heavy atom. The van der Waals surface area contributed by atoms with Crippen LogP contribution in [0.4, 0.5) is 10.1 Å². The minimum absolute atomic E-state index is 0.264. The number of aryl methyl sites for hydroxylation is 1. The molecule has 5 rings (SSSR count). The number of anilines is 1. The highest BCUT2D eigenvalue weighted by atomic mass is 19.1. The number of imide groups is 1. The van der Waals surface area contributed by atoms with E-state index >= 15 is 4.39 Å². The van der Waals surface area contributed by atoms with Crippen LogP contribution in [0.5, 0.6) is 0 Å². The summed E-state index contributed by atoms with van der Waals surface area (Å²) in [6, 6.07) is 3.71. The van der Waals surface area contributed by atoms with Gasteiger partial charge >= 0.3 is 0 Å². The van der Waals surface area contributed by atoms with E-state index in [1.807, 2.05) is 12.1 Å². The lowest BCUT2D eigenvalue weighted by molar-refractivity contribution is -0.134. The van der Waals surface area contributed by atoms with Crippen LogP contribution >= 0.6 is 0 Å². The molecule has 1 aromatic heterocycles. The fraction of sp³-hybridized carbons (Fsp3) is 0.609. The summed E-state index contributed by atoms with van der Waals surface area (Å²) in [4.78, 5) is 28.5. The summed E-state index contributed by atoms with van der Waals surface area (Å²) < 4.78 is 17.2. The predicted molar refractivity (Wildman–Crippen MR) is 120 cm³/mol.